The molecule has 0 aromatic rings. The van der Waals surface area contributed by atoms with Crippen LogP contribution >= 0.6 is 0 Å². The molecule has 4 heteroatoms. The fourth-order valence-corrected chi connectivity index (χ4v) is 0.773. The lowest BCUT2D eigenvalue weighted by atomic mass is 9.71. The number of rotatable bonds is 1. The van der Waals surface area contributed by atoms with E-state index < -0.39 is 7.12 Å². The van der Waals surface area contributed by atoms with Crippen LogP contribution in [0.2, 0.25) is 5.82 Å². The molecule has 1 atom stereocenters. The normalized spacial score (nSPS) is 25.3. The molecule has 9 heavy (non-hydrogen) atoms. The fraction of sp³-hybridized carbons (Fsp3) is 0.600. The molecule has 0 aromatic heterocycles. The SMILES string of the molecule is OB(O)C1C=COCC1. The van der Waals surface area contributed by atoms with Crippen molar-refractivity contribution < 1.29 is 14.8 Å². The number of allylic oxidation sites excluding steroid dienone is 1. The van der Waals surface area contributed by atoms with Gasteiger partial charge in [0.05, 0.1) is 12.9 Å². The summed E-state index contributed by atoms with van der Waals surface area (Å²) in [5.41, 5.74) is 0. The zero-order chi connectivity index (χ0) is 6.69. The summed E-state index contributed by atoms with van der Waals surface area (Å²) in [4.78, 5) is 0. The molecule has 1 aliphatic heterocycles. The first-order valence-electron chi connectivity index (χ1n) is 2.95. The van der Waals surface area contributed by atoms with E-state index in [0.29, 0.717) is 13.0 Å². The van der Waals surface area contributed by atoms with E-state index in [4.69, 9.17) is 14.8 Å². The predicted octanol–water partition coefficient (Wildman–Crippen LogP) is -0.237. The summed E-state index contributed by atoms with van der Waals surface area (Å²) >= 11 is 0. The predicted molar refractivity (Wildman–Crippen MR) is 33.7 cm³/mol. The van der Waals surface area contributed by atoms with Crippen molar-refractivity contribution in [3.63, 3.8) is 0 Å². The van der Waals surface area contributed by atoms with Gasteiger partial charge in [0, 0.05) is 5.82 Å². The minimum absolute atomic E-state index is 0.140. The molecule has 1 unspecified atom stereocenters. The third-order valence-electron chi connectivity index (χ3n) is 1.37. The largest absolute Gasteiger partial charge is 0.502 e. The Morgan fingerprint density at radius 1 is 1.56 bits per heavy atom. The van der Waals surface area contributed by atoms with Gasteiger partial charge in [-0.2, -0.15) is 0 Å². The Bertz CT molecular complexity index is 113. The van der Waals surface area contributed by atoms with Crippen molar-refractivity contribution >= 4 is 7.12 Å². The lowest BCUT2D eigenvalue weighted by Gasteiger charge is -2.14. The van der Waals surface area contributed by atoms with Crippen molar-refractivity contribution in [1.82, 2.24) is 0 Å². The van der Waals surface area contributed by atoms with Crippen molar-refractivity contribution in [2.45, 2.75) is 12.2 Å². The van der Waals surface area contributed by atoms with E-state index in [2.05, 4.69) is 0 Å². The second-order valence-electron chi connectivity index (χ2n) is 2.07. The van der Waals surface area contributed by atoms with Crippen LogP contribution in [-0.2, 0) is 4.74 Å². The van der Waals surface area contributed by atoms with E-state index >= 15 is 0 Å². The molecule has 1 rings (SSSR count). The van der Waals surface area contributed by atoms with Crippen LogP contribution in [0.15, 0.2) is 12.3 Å². The van der Waals surface area contributed by atoms with Gasteiger partial charge in [0.15, 0.2) is 0 Å². The Morgan fingerprint density at radius 3 is 2.67 bits per heavy atom. The van der Waals surface area contributed by atoms with Crippen molar-refractivity contribution in [1.29, 1.82) is 0 Å². The average Bonchev–Trinajstić information content (AvgIpc) is 1.90. The standard InChI is InChI=1S/C5H9BO3/c7-6(8)5-1-3-9-4-2-5/h1,3,5,7-8H,2,4H2. The van der Waals surface area contributed by atoms with Crippen LogP contribution < -0.4 is 0 Å². The Morgan fingerprint density at radius 2 is 2.33 bits per heavy atom. The highest BCUT2D eigenvalue weighted by Gasteiger charge is 2.21. The van der Waals surface area contributed by atoms with Crippen molar-refractivity contribution in [3.8, 4) is 0 Å². The molecular weight excluding hydrogens is 119 g/mol. The average molecular weight is 128 g/mol. The highest BCUT2D eigenvalue weighted by molar-refractivity contribution is 6.43. The van der Waals surface area contributed by atoms with Gasteiger partial charge in [0.25, 0.3) is 0 Å². The molecule has 0 aliphatic carbocycles. The highest BCUT2D eigenvalue weighted by atomic mass is 16.5. The minimum Gasteiger partial charge on any atom is -0.502 e. The summed E-state index contributed by atoms with van der Waals surface area (Å²) in [5.74, 6) is -0.140. The second-order valence-corrected chi connectivity index (χ2v) is 2.07. The van der Waals surface area contributed by atoms with Crippen LogP contribution in [0.25, 0.3) is 0 Å². The Labute approximate surface area is 54.1 Å². The summed E-state index contributed by atoms with van der Waals surface area (Å²) in [6.45, 7) is 0.582. The maximum atomic E-state index is 8.63. The number of hydrogen-bond donors (Lipinski definition) is 2. The van der Waals surface area contributed by atoms with E-state index in [0.717, 1.165) is 0 Å². The zero-order valence-electron chi connectivity index (χ0n) is 5.03. The molecule has 0 bridgehead atoms. The van der Waals surface area contributed by atoms with E-state index in [9.17, 15) is 0 Å². The van der Waals surface area contributed by atoms with Crippen LogP contribution in [-0.4, -0.2) is 23.8 Å². The maximum Gasteiger partial charge on any atom is 0.459 e. The smallest absolute Gasteiger partial charge is 0.459 e. The van der Waals surface area contributed by atoms with Gasteiger partial charge in [-0.3, -0.25) is 0 Å². The van der Waals surface area contributed by atoms with Crippen LogP contribution in [0.4, 0.5) is 0 Å². The molecule has 0 radical (unpaired) electrons. The van der Waals surface area contributed by atoms with E-state index in [1.54, 1.807) is 6.08 Å². The molecule has 0 aromatic carbocycles. The minimum atomic E-state index is -1.23. The highest BCUT2D eigenvalue weighted by Crippen LogP contribution is 2.17. The third kappa shape index (κ3) is 1.73. The Kier molecular flexibility index (Phi) is 2.13. The van der Waals surface area contributed by atoms with Gasteiger partial charge < -0.3 is 14.8 Å². The lowest BCUT2D eigenvalue weighted by molar-refractivity contribution is 0.223. The Hall–Kier alpha value is -0.475. The molecule has 0 saturated heterocycles. The molecule has 50 valence electrons. The second kappa shape index (κ2) is 2.89. The van der Waals surface area contributed by atoms with Gasteiger partial charge in [-0.1, -0.05) is 0 Å². The quantitative estimate of drug-likeness (QED) is 0.479. The first-order chi connectivity index (χ1) is 4.30. The molecule has 0 amide bonds. The monoisotopic (exact) mass is 128 g/mol. The Balaban J connectivity index is 2.40. The lowest BCUT2D eigenvalue weighted by Crippen LogP contribution is -2.21. The molecule has 0 saturated carbocycles. The van der Waals surface area contributed by atoms with E-state index in [1.165, 1.54) is 6.26 Å². The first-order valence-corrected chi connectivity index (χ1v) is 2.95. The van der Waals surface area contributed by atoms with Gasteiger partial charge in [-0.15, -0.1) is 0 Å². The number of ether oxygens (including phenoxy) is 1. The van der Waals surface area contributed by atoms with Crippen molar-refractivity contribution in [2.75, 3.05) is 6.61 Å². The molecular formula is C5H9BO3. The van der Waals surface area contributed by atoms with E-state index in [1.807, 2.05) is 0 Å². The molecule has 2 N–H and O–H groups in total. The van der Waals surface area contributed by atoms with Gasteiger partial charge in [-0.25, -0.2) is 0 Å². The fourth-order valence-electron chi connectivity index (χ4n) is 0.773. The molecule has 0 fully saturated rings. The van der Waals surface area contributed by atoms with Gasteiger partial charge in [-0.05, 0) is 12.5 Å². The van der Waals surface area contributed by atoms with Crippen molar-refractivity contribution in [3.05, 3.63) is 12.3 Å². The summed E-state index contributed by atoms with van der Waals surface area (Å²) in [7, 11) is -1.23. The van der Waals surface area contributed by atoms with Gasteiger partial charge in [0.2, 0.25) is 0 Å². The van der Waals surface area contributed by atoms with Crippen LogP contribution in [0.5, 0.6) is 0 Å². The van der Waals surface area contributed by atoms with Crippen molar-refractivity contribution in [2.24, 2.45) is 0 Å². The van der Waals surface area contributed by atoms with Crippen LogP contribution in [0, 0.1) is 0 Å². The maximum absolute atomic E-state index is 8.63. The number of hydrogen-bond acceptors (Lipinski definition) is 3. The van der Waals surface area contributed by atoms with Gasteiger partial charge >= 0.3 is 7.12 Å². The summed E-state index contributed by atoms with van der Waals surface area (Å²) in [6, 6.07) is 0. The molecule has 3 nitrogen and oxygen atoms in total. The van der Waals surface area contributed by atoms with Crippen LogP contribution in [0.1, 0.15) is 6.42 Å². The third-order valence-corrected chi connectivity index (χ3v) is 1.37. The van der Waals surface area contributed by atoms with Gasteiger partial charge in [0.1, 0.15) is 0 Å². The topological polar surface area (TPSA) is 49.7 Å². The zero-order valence-corrected chi connectivity index (χ0v) is 5.03. The summed E-state index contributed by atoms with van der Waals surface area (Å²) < 4.78 is 4.85. The molecule has 1 heterocycles. The molecule has 1 aliphatic rings. The van der Waals surface area contributed by atoms with E-state index in [-0.39, 0.29) is 5.82 Å². The summed E-state index contributed by atoms with van der Waals surface area (Å²) in [5, 5.41) is 17.3. The summed E-state index contributed by atoms with van der Waals surface area (Å²) in [6.07, 6.45) is 3.86. The first kappa shape index (κ1) is 6.64. The molecule has 0 spiro atoms. The van der Waals surface area contributed by atoms with Crippen LogP contribution in [0.3, 0.4) is 0 Å².